The molecule has 108 valence electrons. The van der Waals surface area contributed by atoms with Gasteiger partial charge in [-0.15, -0.1) is 11.3 Å². The zero-order valence-corrected chi connectivity index (χ0v) is 12.7. The standard InChI is InChI=1S/C15H15N3O2S/c1-10-14(21-9-17-10)5-6-18-8-16-13-4-3-11(20-2)7-12(13)15(18)19/h3-4,7-9H,5-6H2,1-2H3. The molecule has 0 atom stereocenters. The number of methoxy groups -OCH3 is 1. The first-order valence-electron chi connectivity index (χ1n) is 6.61. The number of fused-ring (bicyclic) bond motifs is 1. The highest BCUT2D eigenvalue weighted by Gasteiger charge is 2.07. The van der Waals surface area contributed by atoms with E-state index in [2.05, 4.69) is 9.97 Å². The summed E-state index contributed by atoms with van der Waals surface area (Å²) in [6.07, 6.45) is 2.39. The van der Waals surface area contributed by atoms with Crippen LogP contribution in [0.5, 0.6) is 5.75 Å². The minimum atomic E-state index is -0.0407. The maximum absolute atomic E-state index is 12.5. The Kier molecular flexibility index (Phi) is 3.70. The number of benzene rings is 1. The minimum Gasteiger partial charge on any atom is -0.497 e. The lowest BCUT2D eigenvalue weighted by Gasteiger charge is -2.07. The summed E-state index contributed by atoms with van der Waals surface area (Å²) in [6.45, 7) is 2.58. The highest BCUT2D eigenvalue weighted by Crippen LogP contribution is 2.16. The summed E-state index contributed by atoms with van der Waals surface area (Å²) in [7, 11) is 1.59. The van der Waals surface area contributed by atoms with Gasteiger partial charge in [-0.1, -0.05) is 0 Å². The van der Waals surface area contributed by atoms with Crippen molar-refractivity contribution in [3.05, 3.63) is 51.0 Å². The van der Waals surface area contributed by atoms with E-state index in [4.69, 9.17) is 4.74 Å². The van der Waals surface area contributed by atoms with Crippen LogP contribution in [-0.2, 0) is 13.0 Å². The number of hydrogen-bond acceptors (Lipinski definition) is 5. The highest BCUT2D eigenvalue weighted by molar-refractivity contribution is 7.09. The normalized spacial score (nSPS) is 11.0. The quantitative estimate of drug-likeness (QED) is 0.742. The second-order valence-electron chi connectivity index (χ2n) is 4.74. The van der Waals surface area contributed by atoms with E-state index < -0.39 is 0 Å². The lowest BCUT2D eigenvalue weighted by Crippen LogP contribution is -2.21. The molecule has 1 aromatic carbocycles. The maximum atomic E-state index is 12.5. The number of hydrogen-bond donors (Lipinski definition) is 0. The van der Waals surface area contributed by atoms with Gasteiger partial charge in [0.1, 0.15) is 5.75 Å². The van der Waals surface area contributed by atoms with Crippen LogP contribution in [0.15, 0.2) is 34.8 Å². The molecule has 5 nitrogen and oxygen atoms in total. The van der Waals surface area contributed by atoms with Gasteiger partial charge in [-0.3, -0.25) is 9.36 Å². The summed E-state index contributed by atoms with van der Waals surface area (Å²) < 4.78 is 6.81. The van der Waals surface area contributed by atoms with Gasteiger partial charge in [-0.05, 0) is 25.1 Å². The van der Waals surface area contributed by atoms with Crippen molar-refractivity contribution in [1.82, 2.24) is 14.5 Å². The van der Waals surface area contributed by atoms with Crippen molar-refractivity contribution in [3.8, 4) is 5.75 Å². The van der Waals surface area contributed by atoms with Crippen molar-refractivity contribution in [2.45, 2.75) is 19.9 Å². The Balaban J connectivity index is 1.94. The number of thiazole rings is 1. The first-order chi connectivity index (χ1) is 10.2. The second-order valence-corrected chi connectivity index (χ2v) is 5.68. The van der Waals surface area contributed by atoms with Gasteiger partial charge in [-0.25, -0.2) is 9.97 Å². The van der Waals surface area contributed by atoms with Crippen LogP contribution in [0.2, 0.25) is 0 Å². The zero-order chi connectivity index (χ0) is 14.8. The molecule has 2 heterocycles. The van der Waals surface area contributed by atoms with Crippen molar-refractivity contribution in [1.29, 1.82) is 0 Å². The van der Waals surface area contributed by atoms with Crippen molar-refractivity contribution in [2.75, 3.05) is 7.11 Å². The van der Waals surface area contributed by atoms with Gasteiger partial charge >= 0.3 is 0 Å². The second kappa shape index (κ2) is 5.65. The Morgan fingerprint density at radius 2 is 2.19 bits per heavy atom. The van der Waals surface area contributed by atoms with E-state index in [1.54, 1.807) is 47.5 Å². The SMILES string of the molecule is COc1ccc2ncn(CCc3scnc3C)c(=O)c2c1. The topological polar surface area (TPSA) is 57.0 Å². The minimum absolute atomic E-state index is 0.0407. The predicted octanol–water partition coefficient (Wildman–Crippen LogP) is 2.41. The molecule has 0 aliphatic heterocycles. The van der Waals surface area contributed by atoms with E-state index in [9.17, 15) is 4.79 Å². The molecule has 0 saturated heterocycles. The molecule has 0 aliphatic rings. The van der Waals surface area contributed by atoms with Crippen LogP contribution in [-0.4, -0.2) is 21.6 Å². The van der Waals surface area contributed by atoms with Crippen molar-refractivity contribution in [2.24, 2.45) is 0 Å². The van der Waals surface area contributed by atoms with Crippen molar-refractivity contribution < 1.29 is 4.74 Å². The fourth-order valence-electron chi connectivity index (χ4n) is 2.21. The van der Waals surface area contributed by atoms with E-state index in [0.29, 0.717) is 23.2 Å². The first-order valence-corrected chi connectivity index (χ1v) is 7.49. The van der Waals surface area contributed by atoms with Gasteiger partial charge in [0.15, 0.2) is 0 Å². The van der Waals surface area contributed by atoms with E-state index in [1.165, 1.54) is 4.88 Å². The fraction of sp³-hybridized carbons (Fsp3) is 0.267. The smallest absolute Gasteiger partial charge is 0.261 e. The molecule has 0 fully saturated rings. The number of aromatic nitrogens is 3. The molecule has 2 aromatic heterocycles. The molecule has 0 N–H and O–H groups in total. The Morgan fingerprint density at radius 1 is 1.33 bits per heavy atom. The van der Waals surface area contributed by atoms with E-state index in [1.807, 2.05) is 12.4 Å². The molecule has 0 spiro atoms. The largest absolute Gasteiger partial charge is 0.497 e. The third-order valence-electron chi connectivity index (χ3n) is 3.46. The molecule has 3 aromatic rings. The summed E-state index contributed by atoms with van der Waals surface area (Å²) in [4.78, 5) is 22.3. The third kappa shape index (κ3) is 2.67. The molecule has 0 amide bonds. The lowest BCUT2D eigenvalue weighted by atomic mass is 10.2. The van der Waals surface area contributed by atoms with E-state index in [-0.39, 0.29) is 5.56 Å². The zero-order valence-electron chi connectivity index (χ0n) is 11.9. The molecule has 21 heavy (non-hydrogen) atoms. The van der Waals surface area contributed by atoms with Crippen LogP contribution in [0, 0.1) is 6.92 Å². The van der Waals surface area contributed by atoms with Gasteiger partial charge in [-0.2, -0.15) is 0 Å². The van der Waals surface area contributed by atoms with Crippen molar-refractivity contribution >= 4 is 22.2 Å². The Morgan fingerprint density at radius 3 is 2.90 bits per heavy atom. The van der Waals surface area contributed by atoms with Crippen LogP contribution >= 0.6 is 11.3 Å². The van der Waals surface area contributed by atoms with Gasteiger partial charge in [0.2, 0.25) is 0 Å². The van der Waals surface area contributed by atoms with Crippen LogP contribution in [0.1, 0.15) is 10.6 Å². The average Bonchev–Trinajstić information content (AvgIpc) is 2.92. The Labute approximate surface area is 125 Å². The number of rotatable bonds is 4. The summed E-state index contributed by atoms with van der Waals surface area (Å²) in [5, 5.41) is 0.581. The summed E-state index contributed by atoms with van der Waals surface area (Å²) in [5.74, 6) is 0.664. The molecule has 3 rings (SSSR count). The lowest BCUT2D eigenvalue weighted by molar-refractivity contribution is 0.415. The highest BCUT2D eigenvalue weighted by atomic mass is 32.1. The van der Waals surface area contributed by atoms with Crippen molar-refractivity contribution in [3.63, 3.8) is 0 Å². The molecule has 0 saturated carbocycles. The van der Waals surface area contributed by atoms with Gasteiger partial charge in [0.05, 0.1) is 35.5 Å². The number of aryl methyl sites for hydroxylation is 3. The van der Waals surface area contributed by atoms with Crippen LogP contribution in [0.25, 0.3) is 10.9 Å². The molecular weight excluding hydrogens is 286 g/mol. The fourth-order valence-corrected chi connectivity index (χ4v) is 2.98. The van der Waals surface area contributed by atoms with Gasteiger partial charge in [0.25, 0.3) is 5.56 Å². The van der Waals surface area contributed by atoms with Crippen LogP contribution < -0.4 is 10.3 Å². The van der Waals surface area contributed by atoms with Gasteiger partial charge < -0.3 is 4.74 Å². The number of ether oxygens (including phenoxy) is 1. The summed E-state index contributed by atoms with van der Waals surface area (Å²) in [6, 6.07) is 5.34. The predicted molar refractivity (Wildman–Crippen MR) is 83.1 cm³/mol. The Hall–Kier alpha value is -2.21. The van der Waals surface area contributed by atoms with Crippen LogP contribution in [0.3, 0.4) is 0 Å². The maximum Gasteiger partial charge on any atom is 0.261 e. The molecule has 0 unspecified atom stereocenters. The molecular formula is C15H15N3O2S. The molecule has 0 radical (unpaired) electrons. The summed E-state index contributed by atoms with van der Waals surface area (Å²) >= 11 is 1.62. The number of nitrogens with zero attached hydrogens (tertiary/aromatic N) is 3. The molecule has 0 aliphatic carbocycles. The first kappa shape index (κ1) is 13.8. The van der Waals surface area contributed by atoms with E-state index in [0.717, 1.165) is 12.1 Å². The molecule has 6 heteroatoms. The Bertz CT molecular complexity index is 838. The van der Waals surface area contributed by atoms with Crippen LogP contribution in [0.4, 0.5) is 0 Å². The summed E-state index contributed by atoms with van der Waals surface area (Å²) in [5.41, 5.74) is 3.51. The van der Waals surface area contributed by atoms with E-state index >= 15 is 0 Å². The molecule has 0 bridgehead atoms. The monoisotopic (exact) mass is 301 g/mol. The van der Waals surface area contributed by atoms with Gasteiger partial charge in [0, 0.05) is 17.8 Å². The third-order valence-corrected chi connectivity index (χ3v) is 4.45. The average molecular weight is 301 g/mol.